The average molecular weight is 552 g/mol. The van der Waals surface area contributed by atoms with Crippen LogP contribution in [-0.4, -0.2) is 49.4 Å². The first kappa shape index (κ1) is 27.4. The number of rotatable bonds is 7. The Morgan fingerprint density at radius 1 is 1.07 bits per heavy atom. The van der Waals surface area contributed by atoms with Crippen molar-refractivity contribution in [3.05, 3.63) is 82.4 Å². The molecule has 8 nitrogen and oxygen atoms in total. The molecule has 1 N–H and O–H groups in total. The van der Waals surface area contributed by atoms with Crippen LogP contribution in [0.2, 0.25) is 0 Å². The van der Waals surface area contributed by atoms with Gasteiger partial charge in [-0.15, -0.1) is 6.58 Å². The third-order valence-electron chi connectivity index (χ3n) is 9.11. The highest BCUT2D eigenvalue weighted by Crippen LogP contribution is 2.37. The molecule has 1 fully saturated rings. The van der Waals surface area contributed by atoms with E-state index in [0.717, 1.165) is 30.6 Å². The second kappa shape index (κ2) is 10.9. The smallest absolute Gasteiger partial charge is 0.278 e. The van der Waals surface area contributed by atoms with Crippen molar-refractivity contribution in [1.82, 2.24) is 29.2 Å². The molecule has 6 rings (SSSR count). The van der Waals surface area contributed by atoms with Crippen LogP contribution in [0.4, 0.5) is 11.6 Å². The van der Waals surface area contributed by atoms with Crippen molar-refractivity contribution in [2.75, 3.05) is 19.4 Å². The maximum absolute atomic E-state index is 13.4. The number of hydrogen-bond donors (Lipinski definition) is 1. The van der Waals surface area contributed by atoms with Crippen molar-refractivity contribution < 1.29 is 0 Å². The summed E-state index contributed by atoms with van der Waals surface area (Å²) in [6, 6.07) is 13.5. The summed E-state index contributed by atoms with van der Waals surface area (Å²) in [6.07, 6.45) is 11.6. The predicted molar refractivity (Wildman–Crippen MR) is 165 cm³/mol. The summed E-state index contributed by atoms with van der Waals surface area (Å²) >= 11 is 0. The Hall–Kier alpha value is -3.78. The first-order chi connectivity index (χ1) is 19.7. The monoisotopic (exact) mass is 551 g/mol. The highest BCUT2D eigenvalue weighted by atomic mass is 16.1. The fourth-order valence-electron chi connectivity index (χ4n) is 6.72. The van der Waals surface area contributed by atoms with E-state index in [1.807, 2.05) is 10.7 Å². The molecule has 1 saturated carbocycles. The third kappa shape index (κ3) is 5.21. The van der Waals surface area contributed by atoms with Gasteiger partial charge in [0, 0.05) is 23.3 Å². The van der Waals surface area contributed by atoms with Gasteiger partial charge >= 0.3 is 0 Å². The third-order valence-corrected chi connectivity index (χ3v) is 9.11. The van der Waals surface area contributed by atoms with E-state index < -0.39 is 0 Å². The van der Waals surface area contributed by atoms with Crippen molar-refractivity contribution in [2.45, 2.75) is 82.7 Å². The van der Waals surface area contributed by atoms with Gasteiger partial charge < -0.3 is 10.2 Å². The summed E-state index contributed by atoms with van der Waals surface area (Å²) in [7, 11) is 4.37. The molecule has 2 aliphatic carbocycles. The molecule has 41 heavy (non-hydrogen) atoms. The number of nitrogens with zero attached hydrogens (tertiary/aromatic N) is 6. The summed E-state index contributed by atoms with van der Waals surface area (Å²) in [5.74, 6) is 1.74. The molecular formula is C33H41N7O. The Morgan fingerprint density at radius 2 is 1.83 bits per heavy atom. The molecule has 0 unspecified atom stereocenters. The van der Waals surface area contributed by atoms with Gasteiger partial charge in [-0.05, 0) is 94.3 Å². The molecule has 2 aliphatic rings. The van der Waals surface area contributed by atoms with Gasteiger partial charge in [0.2, 0.25) is 5.95 Å². The van der Waals surface area contributed by atoms with Crippen LogP contribution in [0.15, 0.2) is 60.0 Å². The van der Waals surface area contributed by atoms with Gasteiger partial charge in [0.25, 0.3) is 5.56 Å². The standard InChI is InChI=1S/C33H41N7O/c1-6-20-39-31(41)27-21-34-32(35-25-14-9-22(10-15-25)23-11-16-26(17-12-23)38(4)5)37-30(27)40(39)28-18-13-24-8-7-19-33(2,3)29(24)36-28/h6,9-10,13-15,18,21,23,26H,1,7-8,11-12,16-17,19-20H2,2-5H3,(H,34,35,37). The van der Waals surface area contributed by atoms with Crippen LogP contribution < -0.4 is 10.9 Å². The van der Waals surface area contributed by atoms with Crippen molar-refractivity contribution in [3.63, 3.8) is 0 Å². The van der Waals surface area contributed by atoms with Crippen molar-refractivity contribution in [2.24, 2.45) is 0 Å². The molecule has 0 bridgehead atoms. The largest absolute Gasteiger partial charge is 0.324 e. The molecule has 3 aromatic heterocycles. The Labute approximate surface area is 242 Å². The zero-order chi connectivity index (χ0) is 28.7. The van der Waals surface area contributed by atoms with Crippen molar-refractivity contribution >= 4 is 22.7 Å². The zero-order valence-corrected chi connectivity index (χ0v) is 24.7. The molecule has 8 heteroatoms. The fraction of sp³-hybridized carbons (Fsp3) is 0.455. The van der Waals surface area contributed by atoms with E-state index in [1.54, 1.807) is 17.0 Å². The van der Waals surface area contributed by atoms with Crippen LogP contribution >= 0.6 is 0 Å². The number of pyridine rings is 1. The average Bonchev–Trinajstić information content (AvgIpc) is 3.24. The Bertz CT molecular complexity index is 1620. The highest BCUT2D eigenvalue weighted by molar-refractivity contribution is 5.77. The summed E-state index contributed by atoms with van der Waals surface area (Å²) < 4.78 is 3.46. The van der Waals surface area contributed by atoms with E-state index in [2.05, 4.69) is 80.1 Å². The maximum atomic E-state index is 13.4. The van der Waals surface area contributed by atoms with Crippen LogP contribution in [0, 0.1) is 0 Å². The van der Waals surface area contributed by atoms with Gasteiger partial charge in [-0.25, -0.2) is 19.3 Å². The van der Waals surface area contributed by atoms with E-state index >= 15 is 0 Å². The molecule has 3 heterocycles. The maximum Gasteiger partial charge on any atom is 0.278 e. The minimum Gasteiger partial charge on any atom is -0.324 e. The van der Waals surface area contributed by atoms with Crippen molar-refractivity contribution in [3.8, 4) is 5.82 Å². The van der Waals surface area contributed by atoms with E-state index in [4.69, 9.17) is 9.97 Å². The molecule has 0 atom stereocenters. The lowest BCUT2D eigenvalue weighted by molar-refractivity contribution is 0.216. The molecule has 0 spiro atoms. The summed E-state index contributed by atoms with van der Waals surface area (Å²) in [4.78, 5) is 30.2. The zero-order valence-electron chi connectivity index (χ0n) is 24.7. The van der Waals surface area contributed by atoms with Crippen LogP contribution in [0.25, 0.3) is 16.9 Å². The van der Waals surface area contributed by atoms with E-state index in [1.165, 1.54) is 36.8 Å². The Kier molecular flexibility index (Phi) is 7.28. The predicted octanol–water partition coefficient (Wildman–Crippen LogP) is 6.11. The summed E-state index contributed by atoms with van der Waals surface area (Å²) in [5, 5.41) is 3.81. The van der Waals surface area contributed by atoms with Crippen LogP contribution in [0.5, 0.6) is 0 Å². The lowest BCUT2D eigenvalue weighted by Crippen LogP contribution is -2.31. The number of fused-ring (bicyclic) bond motifs is 2. The Balaban J connectivity index is 1.31. The van der Waals surface area contributed by atoms with E-state index in [-0.39, 0.29) is 11.0 Å². The molecule has 0 amide bonds. The molecule has 1 aromatic carbocycles. The SMILES string of the molecule is C=CCn1c(=O)c2cnc(Nc3ccc(C4CCC(N(C)C)CC4)cc3)nc2n1-c1ccc2c(n1)C(C)(C)CCC2. The summed E-state index contributed by atoms with van der Waals surface area (Å²) in [6.45, 7) is 8.72. The van der Waals surface area contributed by atoms with Crippen molar-refractivity contribution in [1.29, 1.82) is 0 Å². The number of allylic oxidation sites excluding steroid dienone is 1. The van der Waals surface area contributed by atoms with Crippen LogP contribution in [0.3, 0.4) is 0 Å². The molecule has 0 aliphatic heterocycles. The lowest BCUT2D eigenvalue weighted by Gasteiger charge is -2.32. The highest BCUT2D eigenvalue weighted by Gasteiger charge is 2.30. The molecular weight excluding hydrogens is 510 g/mol. The normalized spacial score (nSPS) is 20.2. The molecule has 0 saturated heterocycles. The molecule has 4 aromatic rings. The van der Waals surface area contributed by atoms with Gasteiger partial charge in [0.1, 0.15) is 5.39 Å². The van der Waals surface area contributed by atoms with Gasteiger partial charge in [-0.2, -0.15) is 4.98 Å². The minimum atomic E-state index is -0.154. The number of aryl methyl sites for hydroxylation is 1. The van der Waals surface area contributed by atoms with Crippen LogP contribution in [-0.2, 0) is 18.4 Å². The van der Waals surface area contributed by atoms with E-state index in [0.29, 0.717) is 41.3 Å². The van der Waals surface area contributed by atoms with E-state index in [9.17, 15) is 4.79 Å². The first-order valence-electron chi connectivity index (χ1n) is 14.9. The number of hydrogen-bond acceptors (Lipinski definition) is 6. The number of nitrogens with one attached hydrogen (secondary N) is 1. The number of aromatic nitrogens is 5. The van der Waals surface area contributed by atoms with Gasteiger partial charge in [0.15, 0.2) is 11.5 Å². The van der Waals surface area contributed by atoms with Gasteiger partial charge in [0.05, 0.1) is 12.2 Å². The van der Waals surface area contributed by atoms with Gasteiger partial charge in [-0.3, -0.25) is 4.79 Å². The Morgan fingerprint density at radius 3 is 2.54 bits per heavy atom. The summed E-state index contributed by atoms with van der Waals surface area (Å²) in [5.41, 5.74) is 5.05. The minimum absolute atomic E-state index is 0.0182. The second-order valence-corrected chi connectivity index (χ2v) is 12.5. The lowest BCUT2D eigenvalue weighted by atomic mass is 9.76. The molecule has 0 radical (unpaired) electrons. The fourth-order valence-corrected chi connectivity index (χ4v) is 6.72. The van der Waals surface area contributed by atoms with Gasteiger partial charge in [-0.1, -0.05) is 38.1 Å². The molecule has 214 valence electrons. The van der Waals surface area contributed by atoms with Crippen LogP contribution in [0.1, 0.15) is 75.1 Å². The number of anilines is 2. The number of benzene rings is 1. The first-order valence-corrected chi connectivity index (χ1v) is 14.9. The quantitative estimate of drug-likeness (QED) is 0.279. The second-order valence-electron chi connectivity index (χ2n) is 12.5. The topological polar surface area (TPSA) is 80.9 Å².